The number of nitrogens with zero attached hydrogens (tertiary/aromatic N) is 1. The Bertz CT molecular complexity index is 545. The SMILES string of the molecule is CNC(C)c1cccc(OCc2cncc(F)c2)c1. The van der Waals surface area contributed by atoms with Crippen LogP contribution in [-0.2, 0) is 6.61 Å². The number of aromatic nitrogens is 1. The quantitative estimate of drug-likeness (QED) is 0.897. The molecular weight excluding hydrogens is 243 g/mol. The van der Waals surface area contributed by atoms with Crippen LogP contribution in [0.3, 0.4) is 0 Å². The normalized spacial score (nSPS) is 12.2. The van der Waals surface area contributed by atoms with Crippen molar-refractivity contribution in [3.8, 4) is 5.75 Å². The average Bonchev–Trinajstić information content (AvgIpc) is 2.45. The van der Waals surface area contributed by atoms with E-state index in [0.717, 1.165) is 11.3 Å². The lowest BCUT2D eigenvalue weighted by Gasteiger charge is -2.12. The Morgan fingerprint density at radius 2 is 2.16 bits per heavy atom. The molecule has 1 aromatic carbocycles. The molecule has 2 aromatic rings. The van der Waals surface area contributed by atoms with E-state index in [1.165, 1.54) is 12.3 Å². The van der Waals surface area contributed by atoms with E-state index >= 15 is 0 Å². The number of hydrogen-bond acceptors (Lipinski definition) is 3. The van der Waals surface area contributed by atoms with Crippen LogP contribution in [0.4, 0.5) is 4.39 Å². The highest BCUT2D eigenvalue weighted by molar-refractivity contribution is 5.30. The molecule has 0 aliphatic rings. The Morgan fingerprint density at radius 1 is 1.32 bits per heavy atom. The third-order valence-electron chi connectivity index (χ3n) is 2.96. The Hall–Kier alpha value is -1.94. The summed E-state index contributed by atoms with van der Waals surface area (Å²) >= 11 is 0. The van der Waals surface area contributed by atoms with E-state index in [-0.39, 0.29) is 11.9 Å². The van der Waals surface area contributed by atoms with E-state index in [2.05, 4.69) is 17.2 Å². The van der Waals surface area contributed by atoms with Crippen LogP contribution >= 0.6 is 0 Å². The Balaban J connectivity index is 2.03. The van der Waals surface area contributed by atoms with Crippen LogP contribution in [0.5, 0.6) is 5.75 Å². The molecule has 1 unspecified atom stereocenters. The van der Waals surface area contributed by atoms with Gasteiger partial charge in [0.1, 0.15) is 18.2 Å². The standard InChI is InChI=1S/C15H17FN2O/c1-11(17-2)13-4-3-5-15(7-13)19-10-12-6-14(16)9-18-8-12/h3-9,11,17H,10H2,1-2H3. The largest absolute Gasteiger partial charge is 0.489 e. The molecule has 0 saturated carbocycles. The third-order valence-corrected chi connectivity index (χ3v) is 2.96. The number of nitrogens with one attached hydrogen (secondary N) is 1. The van der Waals surface area contributed by atoms with Gasteiger partial charge in [0.2, 0.25) is 0 Å². The second kappa shape index (κ2) is 6.29. The number of benzene rings is 1. The van der Waals surface area contributed by atoms with Gasteiger partial charge in [-0.15, -0.1) is 0 Å². The number of rotatable bonds is 5. The van der Waals surface area contributed by atoms with Gasteiger partial charge in [0, 0.05) is 17.8 Å². The molecule has 100 valence electrons. The zero-order valence-corrected chi connectivity index (χ0v) is 11.1. The van der Waals surface area contributed by atoms with Crippen molar-refractivity contribution in [1.82, 2.24) is 10.3 Å². The summed E-state index contributed by atoms with van der Waals surface area (Å²) in [5.41, 5.74) is 1.87. The van der Waals surface area contributed by atoms with Crippen LogP contribution in [0.2, 0.25) is 0 Å². The molecule has 2 rings (SSSR count). The molecule has 0 spiro atoms. The van der Waals surface area contributed by atoms with Crippen molar-refractivity contribution in [2.45, 2.75) is 19.6 Å². The van der Waals surface area contributed by atoms with Gasteiger partial charge in [-0.25, -0.2) is 4.39 Å². The van der Waals surface area contributed by atoms with E-state index in [4.69, 9.17) is 4.74 Å². The minimum atomic E-state index is -0.348. The number of hydrogen-bond donors (Lipinski definition) is 1. The monoisotopic (exact) mass is 260 g/mol. The summed E-state index contributed by atoms with van der Waals surface area (Å²) in [6.07, 6.45) is 2.78. The van der Waals surface area contributed by atoms with Crippen LogP contribution in [0, 0.1) is 5.82 Å². The van der Waals surface area contributed by atoms with Gasteiger partial charge in [-0.3, -0.25) is 4.98 Å². The maximum Gasteiger partial charge on any atom is 0.141 e. The van der Waals surface area contributed by atoms with Gasteiger partial charge < -0.3 is 10.1 Å². The molecule has 19 heavy (non-hydrogen) atoms. The molecule has 0 saturated heterocycles. The minimum Gasteiger partial charge on any atom is -0.489 e. The lowest BCUT2D eigenvalue weighted by Crippen LogP contribution is -2.12. The number of pyridine rings is 1. The first-order valence-corrected chi connectivity index (χ1v) is 6.18. The molecule has 4 heteroatoms. The predicted molar refractivity (Wildman–Crippen MR) is 72.4 cm³/mol. The summed E-state index contributed by atoms with van der Waals surface area (Å²) in [5, 5.41) is 3.17. The molecule has 0 bridgehead atoms. The van der Waals surface area contributed by atoms with Crippen molar-refractivity contribution in [3.05, 3.63) is 59.7 Å². The van der Waals surface area contributed by atoms with E-state index < -0.39 is 0 Å². The van der Waals surface area contributed by atoms with Gasteiger partial charge in [-0.2, -0.15) is 0 Å². The van der Waals surface area contributed by atoms with Crippen LogP contribution in [0.1, 0.15) is 24.1 Å². The van der Waals surface area contributed by atoms with Crippen molar-refractivity contribution in [3.63, 3.8) is 0 Å². The highest BCUT2D eigenvalue weighted by Gasteiger charge is 2.04. The zero-order chi connectivity index (χ0) is 13.7. The molecule has 1 atom stereocenters. The van der Waals surface area contributed by atoms with Gasteiger partial charge >= 0.3 is 0 Å². The first-order chi connectivity index (χ1) is 9.19. The number of halogens is 1. The minimum absolute atomic E-state index is 0.263. The van der Waals surface area contributed by atoms with Gasteiger partial charge in [0.05, 0.1) is 6.20 Å². The Morgan fingerprint density at radius 3 is 2.89 bits per heavy atom. The molecule has 0 aliphatic heterocycles. The molecule has 1 aromatic heterocycles. The van der Waals surface area contributed by atoms with Crippen LogP contribution in [0.15, 0.2) is 42.7 Å². The molecule has 0 aliphatic carbocycles. The fourth-order valence-corrected chi connectivity index (χ4v) is 1.74. The van der Waals surface area contributed by atoms with Crippen LogP contribution in [0.25, 0.3) is 0 Å². The van der Waals surface area contributed by atoms with E-state index in [9.17, 15) is 4.39 Å². The molecule has 1 N–H and O–H groups in total. The van der Waals surface area contributed by atoms with Crippen molar-refractivity contribution in [2.24, 2.45) is 0 Å². The summed E-state index contributed by atoms with van der Waals surface area (Å²) in [6.45, 7) is 2.39. The summed E-state index contributed by atoms with van der Waals surface area (Å²) < 4.78 is 18.6. The summed E-state index contributed by atoms with van der Waals surface area (Å²) in [4.78, 5) is 3.79. The van der Waals surface area contributed by atoms with Crippen LogP contribution in [-0.4, -0.2) is 12.0 Å². The zero-order valence-electron chi connectivity index (χ0n) is 11.1. The molecule has 1 heterocycles. The number of ether oxygens (including phenoxy) is 1. The van der Waals surface area contributed by atoms with Crippen molar-refractivity contribution >= 4 is 0 Å². The lowest BCUT2D eigenvalue weighted by molar-refractivity contribution is 0.304. The highest BCUT2D eigenvalue weighted by Crippen LogP contribution is 2.19. The van der Waals surface area contributed by atoms with Gasteiger partial charge in [-0.05, 0) is 37.7 Å². The second-order valence-corrected chi connectivity index (χ2v) is 4.38. The summed E-state index contributed by atoms with van der Waals surface area (Å²) in [5.74, 6) is 0.419. The fraction of sp³-hybridized carbons (Fsp3) is 0.267. The summed E-state index contributed by atoms with van der Waals surface area (Å²) in [7, 11) is 1.91. The first kappa shape index (κ1) is 13.5. The predicted octanol–water partition coefficient (Wildman–Crippen LogP) is 3.08. The molecule has 0 amide bonds. The first-order valence-electron chi connectivity index (χ1n) is 6.18. The Kier molecular flexibility index (Phi) is 4.47. The third kappa shape index (κ3) is 3.76. The van der Waals surface area contributed by atoms with Gasteiger partial charge in [0.25, 0.3) is 0 Å². The maximum atomic E-state index is 13.0. The highest BCUT2D eigenvalue weighted by atomic mass is 19.1. The van der Waals surface area contributed by atoms with Crippen LogP contribution < -0.4 is 10.1 Å². The fourth-order valence-electron chi connectivity index (χ4n) is 1.74. The van der Waals surface area contributed by atoms with E-state index in [0.29, 0.717) is 12.2 Å². The van der Waals surface area contributed by atoms with Gasteiger partial charge in [0.15, 0.2) is 0 Å². The second-order valence-electron chi connectivity index (χ2n) is 4.38. The van der Waals surface area contributed by atoms with Crippen molar-refractivity contribution in [1.29, 1.82) is 0 Å². The molecule has 3 nitrogen and oxygen atoms in total. The molecular formula is C15H17FN2O. The average molecular weight is 260 g/mol. The van der Waals surface area contributed by atoms with E-state index in [1.54, 1.807) is 6.20 Å². The van der Waals surface area contributed by atoms with Crippen molar-refractivity contribution in [2.75, 3.05) is 7.05 Å². The molecule has 0 fully saturated rings. The van der Waals surface area contributed by atoms with Gasteiger partial charge in [-0.1, -0.05) is 12.1 Å². The molecule has 0 radical (unpaired) electrons. The maximum absolute atomic E-state index is 13.0. The summed E-state index contributed by atoms with van der Waals surface area (Å²) in [6, 6.07) is 9.54. The van der Waals surface area contributed by atoms with E-state index in [1.807, 2.05) is 31.3 Å². The smallest absolute Gasteiger partial charge is 0.141 e. The lowest BCUT2D eigenvalue weighted by atomic mass is 10.1. The Labute approximate surface area is 112 Å². The van der Waals surface area contributed by atoms with Crippen molar-refractivity contribution < 1.29 is 9.13 Å². The topological polar surface area (TPSA) is 34.1 Å².